The summed E-state index contributed by atoms with van der Waals surface area (Å²) >= 11 is 0. The number of carboxylic acids is 1. The molecule has 1 N–H and O–H groups in total. The summed E-state index contributed by atoms with van der Waals surface area (Å²) in [6.45, 7) is 3.30. The fraction of sp³-hybridized carbons (Fsp3) is 0.579. The Bertz CT molecular complexity index is 594. The van der Waals surface area contributed by atoms with E-state index in [4.69, 9.17) is 5.11 Å². The Kier molecular flexibility index (Phi) is 4.90. The van der Waals surface area contributed by atoms with Gasteiger partial charge in [0.25, 0.3) is 0 Å². The molecule has 130 valence electrons. The van der Waals surface area contributed by atoms with Gasteiger partial charge in [-0.25, -0.2) is 0 Å². The van der Waals surface area contributed by atoms with Gasteiger partial charge in [0.15, 0.2) is 0 Å². The van der Waals surface area contributed by atoms with Crippen molar-refractivity contribution in [2.24, 2.45) is 5.41 Å². The molecular formula is C19H26N2O3. The molecule has 0 bridgehead atoms. The smallest absolute Gasteiger partial charge is 0.304 e. The van der Waals surface area contributed by atoms with Crippen LogP contribution in [0.5, 0.6) is 0 Å². The zero-order valence-corrected chi connectivity index (χ0v) is 14.3. The number of likely N-dealkylation sites (N-methyl/N-ethyl adjacent to an activating group) is 1. The van der Waals surface area contributed by atoms with E-state index >= 15 is 0 Å². The predicted molar refractivity (Wildman–Crippen MR) is 91.8 cm³/mol. The van der Waals surface area contributed by atoms with Crippen molar-refractivity contribution in [3.8, 4) is 0 Å². The predicted octanol–water partition coefficient (Wildman–Crippen LogP) is 2.19. The van der Waals surface area contributed by atoms with E-state index in [-0.39, 0.29) is 23.7 Å². The Morgan fingerprint density at radius 2 is 1.92 bits per heavy atom. The minimum Gasteiger partial charge on any atom is -0.481 e. The van der Waals surface area contributed by atoms with Gasteiger partial charge in [-0.3, -0.25) is 9.59 Å². The maximum atomic E-state index is 12.6. The van der Waals surface area contributed by atoms with Crippen LogP contribution in [-0.2, 0) is 9.59 Å². The topological polar surface area (TPSA) is 60.9 Å². The fourth-order valence-corrected chi connectivity index (χ4v) is 4.24. The quantitative estimate of drug-likeness (QED) is 0.919. The lowest BCUT2D eigenvalue weighted by atomic mass is 9.67. The van der Waals surface area contributed by atoms with Crippen LogP contribution in [0.4, 0.5) is 0 Å². The number of hydrogen-bond acceptors (Lipinski definition) is 3. The molecule has 1 spiro atoms. The molecule has 1 aromatic rings. The second kappa shape index (κ2) is 6.93. The van der Waals surface area contributed by atoms with E-state index in [0.29, 0.717) is 6.54 Å². The molecule has 0 aliphatic carbocycles. The van der Waals surface area contributed by atoms with E-state index in [9.17, 15) is 9.59 Å². The standard InChI is InChI=1S/C19H26N2O3/c1-20-14-19(8-11-21(12-9-19)10-7-17(22)23)13-16(18(20)24)15-5-3-2-4-6-15/h2-6,16H,7-14H2,1H3,(H,22,23)/t16-/m0/s1. The van der Waals surface area contributed by atoms with E-state index in [1.165, 1.54) is 0 Å². The molecule has 24 heavy (non-hydrogen) atoms. The first-order valence-electron chi connectivity index (χ1n) is 8.73. The lowest BCUT2D eigenvalue weighted by Gasteiger charge is -2.49. The third-order valence-electron chi connectivity index (χ3n) is 5.64. The van der Waals surface area contributed by atoms with Gasteiger partial charge < -0.3 is 14.9 Å². The number of piperidine rings is 2. The number of likely N-dealkylation sites (tertiary alicyclic amines) is 2. The molecule has 2 fully saturated rings. The van der Waals surface area contributed by atoms with Gasteiger partial charge in [-0.1, -0.05) is 30.3 Å². The maximum absolute atomic E-state index is 12.6. The number of nitrogens with zero attached hydrogens (tertiary/aromatic N) is 2. The molecule has 1 atom stereocenters. The van der Waals surface area contributed by atoms with Crippen molar-refractivity contribution in [2.75, 3.05) is 33.2 Å². The van der Waals surface area contributed by atoms with Crippen LogP contribution >= 0.6 is 0 Å². The van der Waals surface area contributed by atoms with Crippen molar-refractivity contribution >= 4 is 11.9 Å². The van der Waals surface area contributed by atoms with Crippen LogP contribution in [0.2, 0.25) is 0 Å². The highest BCUT2D eigenvalue weighted by Gasteiger charge is 2.44. The van der Waals surface area contributed by atoms with E-state index < -0.39 is 5.97 Å². The number of carbonyl (C=O) groups is 2. The van der Waals surface area contributed by atoms with Crippen molar-refractivity contribution in [3.05, 3.63) is 35.9 Å². The number of carboxylic acid groups (broad SMARTS) is 1. The lowest BCUT2D eigenvalue weighted by Crippen LogP contribution is -2.52. The Balaban J connectivity index is 1.68. The Morgan fingerprint density at radius 3 is 2.54 bits per heavy atom. The average molecular weight is 330 g/mol. The molecule has 1 aromatic carbocycles. The van der Waals surface area contributed by atoms with Gasteiger partial charge in [0, 0.05) is 20.1 Å². The molecule has 1 amide bonds. The average Bonchev–Trinajstić information content (AvgIpc) is 2.58. The van der Waals surface area contributed by atoms with Gasteiger partial charge in [-0.15, -0.1) is 0 Å². The van der Waals surface area contributed by atoms with Crippen LogP contribution in [0, 0.1) is 5.41 Å². The van der Waals surface area contributed by atoms with E-state index in [1.54, 1.807) is 0 Å². The van der Waals surface area contributed by atoms with Gasteiger partial charge in [-0.05, 0) is 43.3 Å². The minimum atomic E-state index is -0.734. The van der Waals surface area contributed by atoms with E-state index in [0.717, 1.165) is 44.5 Å². The number of carbonyl (C=O) groups excluding carboxylic acids is 1. The first-order chi connectivity index (χ1) is 11.5. The zero-order valence-electron chi connectivity index (χ0n) is 14.3. The highest BCUT2D eigenvalue weighted by molar-refractivity contribution is 5.84. The van der Waals surface area contributed by atoms with Gasteiger partial charge in [-0.2, -0.15) is 0 Å². The van der Waals surface area contributed by atoms with Gasteiger partial charge in [0.2, 0.25) is 5.91 Å². The second-order valence-corrected chi connectivity index (χ2v) is 7.35. The number of rotatable bonds is 4. The summed E-state index contributed by atoms with van der Waals surface area (Å²) < 4.78 is 0. The Labute approximate surface area is 143 Å². The molecule has 5 nitrogen and oxygen atoms in total. The lowest BCUT2D eigenvalue weighted by molar-refractivity contribution is -0.141. The summed E-state index contributed by atoms with van der Waals surface area (Å²) in [4.78, 5) is 27.5. The molecule has 2 aliphatic heterocycles. The first kappa shape index (κ1) is 17.0. The molecule has 2 saturated heterocycles. The highest BCUT2D eigenvalue weighted by Crippen LogP contribution is 2.45. The molecule has 0 radical (unpaired) electrons. The normalized spacial score (nSPS) is 24.3. The molecular weight excluding hydrogens is 304 g/mol. The number of hydrogen-bond donors (Lipinski definition) is 1. The van der Waals surface area contributed by atoms with Crippen molar-refractivity contribution < 1.29 is 14.7 Å². The van der Waals surface area contributed by atoms with Crippen molar-refractivity contribution in [1.82, 2.24) is 9.80 Å². The minimum absolute atomic E-state index is 0.0458. The number of amides is 1. The van der Waals surface area contributed by atoms with Crippen molar-refractivity contribution in [3.63, 3.8) is 0 Å². The number of aliphatic carboxylic acids is 1. The summed E-state index contributed by atoms with van der Waals surface area (Å²) in [5, 5.41) is 8.84. The van der Waals surface area contributed by atoms with Crippen LogP contribution in [-0.4, -0.2) is 60.0 Å². The third-order valence-corrected chi connectivity index (χ3v) is 5.64. The monoisotopic (exact) mass is 330 g/mol. The first-order valence-corrected chi connectivity index (χ1v) is 8.73. The van der Waals surface area contributed by atoms with Crippen molar-refractivity contribution in [2.45, 2.75) is 31.6 Å². The Morgan fingerprint density at radius 1 is 1.25 bits per heavy atom. The van der Waals surface area contributed by atoms with Crippen LogP contribution in [0.25, 0.3) is 0 Å². The molecule has 0 saturated carbocycles. The summed E-state index contributed by atoms with van der Waals surface area (Å²) in [6.07, 6.45) is 3.19. The zero-order chi connectivity index (χ0) is 17.2. The van der Waals surface area contributed by atoms with Crippen LogP contribution in [0.1, 0.15) is 37.2 Å². The van der Waals surface area contributed by atoms with E-state index in [1.807, 2.05) is 30.1 Å². The summed E-state index contributed by atoms with van der Waals surface area (Å²) in [5.41, 5.74) is 1.28. The SMILES string of the molecule is CN1CC2(CCN(CCC(=O)O)CC2)C[C@@H](c2ccccc2)C1=O. The molecule has 3 rings (SSSR count). The molecule has 0 aromatic heterocycles. The molecule has 5 heteroatoms. The van der Waals surface area contributed by atoms with Crippen LogP contribution < -0.4 is 0 Å². The third kappa shape index (κ3) is 3.61. The van der Waals surface area contributed by atoms with Gasteiger partial charge >= 0.3 is 5.97 Å². The van der Waals surface area contributed by atoms with Crippen LogP contribution in [0.15, 0.2) is 30.3 Å². The molecule has 2 heterocycles. The summed E-state index contributed by atoms with van der Waals surface area (Å²) in [5.74, 6) is -0.557. The summed E-state index contributed by atoms with van der Waals surface area (Å²) in [6, 6.07) is 10.1. The Hall–Kier alpha value is -1.88. The summed E-state index contributed by atoms with van der Waals surface area (Å²) in [7, 11) is 1.91. The van der Waals surface area contributed by atoms with Gasteiger partial charge in [0.1, 0.15) is 0 Å². The van der Waals surface area contributed by atoms with E-state index in [2.05, 4.69) is 17.0 Å². The van der Waals surface area contributed by atoms with Crippen LogP contribution in [0.3, 0.4) is 0 Å². The second-order valence-electron chi connectivity index (χ2n) is 7.35. The maximum Gasteiger partial charge on any atom is 0.304 e. The van der Waals surface area contributed by atoms with Crippen molar-refractivity contribution in [1.29, 1.82) is 0 Å². The molecule has 0 unspecified atom stereocenters. The largest absolute Gasteiger partial charge is 0.481 e. The highest BCUT2D eigenvalue weighted by atomic mass is 16.4. The molecule has 2 aliphatic rings. The fourth-order valence-electron chi connectivity index (χ4n) is 4.24. The van der Waals surface area contributed by atoms with Gasteiger partial charge in [0.05, 0.1) is 12.3 Å². The number of benzene rings is 1.